The van der Waals surface area contributed by atoms with Crippen molar-refractivity contribution in [1.29, 1.82) is 0 Å². The molecule has 0 aliphatic heterocycles. The summed E-state index contributed by atoms with van der Waals surface area (Å²) in [5, 5.41) is 17.6. The van der Waals surface area contributed by atoms with Crippen molar-refractivity contribution >= 4 is 27.3 Å². The number of nitrogens with one attached hydrogen (secondary N) is 2. The fraction of sp³-hybridized carbons (Fsp3) is 0.364. The summed E-state index contributed by atoms with van der Waals surface area (Å²) < 4.78 is 26.7. The fourth-order valence-corrected chi connectivity index (χ4v) is 3.80. The fourth-order valence-electron chi connectivity index (χ4n) is 1.80. The van der Waals surface area contributed by atoms with Crippen LogP contribution in [0.5, 0.6) is 0 Å². The van der Waals surface area contributed by atoms with Crippen molar-refractivity contribution in [3.8, 4) is 0 Å². The summed E-state index contributed by atoms with van der Waals surface area (Å²) in [4.78, 5) is 14.9. The second kappa shape index (κ2) is 5.92. The maximum absolute atomic E-state index is 12.2. The monoisotopic (exact) mass is 330 g/mol. The van der Waals surface area contributed by atoms with Gasteiger partial charge in [0.15, 0.2) is 5.69 Å². The molecule has 0 saturated heterocycles. The number of aromatic amines is 1. The Morgan fingerprint density at radius 3 is 2.76 bits per heavy atom. The van der Waals surface area contributed by atoms with Gasteiger partial charge in [-0.05, 0) is 13.8 Å². The van der Waals surface area contributed by atoms with Crippen LogP contribution in [-0.2, 0) is 16.4 Å². The molecule has 8 nitrogen and oxygen atoms in total. The first-order valence-electron chi connectivity index (χ1n) is 6.00. The van der Waals surface area contributed by atoms with Gasteiger partial charge in [-0.2, -0.15) is 5.10 Å². The predicted octanol–water partition coefficient (Wildman–Crippen LogP) is 0.702. The normalized spacial score (nSPS) is 11.7. The van der Waals surface area contributed by atoms with Crippen LogP contribution >= 0.6 is 11.3 Å². The molecule has 114 valence electrons. The molecule has 3 N–H and O–H groups in total. The third-order valence-electron chi connectivity index (χ3n) is 2.70. The molecular formula is C11H14N4O4S2. The zero-order valence-corrected chi connectivity index (χ0v) is 13.0. The minimum absolute atomic E-state index is 0.134. The van der Waals surface area contributed by atoms with Crippen molar-refractivity contribution in [3.05, 3.63) is 27.5 Å². The lowest BCUT2D eigenvalue weighted by atomic mass is 10.3. The number of carboxylic acids is 1. The van der Waals surface area contributed by atoms with Gasteiger partial charge in [-0.1, -0.05) is 0 Å². The summed E-state index contributed by atoms with van der Waals surface area (Å²) >= 11 is 1.49. The number of hydrogen-bond donors (Lipinski definition) is 3. The molecule has 2 aromatic heterocycles. The molecule has 0 amide bonds. The van der Waals surface area contributed by atoms with Crippen LogP contribution in [0.1, 0.15) is 26.9 Å². The first-order valence-corrected chi connectivity index (χ1v) is 8.36. The van der Waals surface area contributed by atoms with Crippen LogP contribution < -0.4 is 4.72 Å². The third kappa shape index (κ3) is 3.46. The Hall–Kier alpha value is -1.78. The number of hydrogen-bond acceptors (Lipinski definition) is 6. The number of aromatic carboxylic acids is 1. The molecule has 0 aliphatic carbocycles. The lowest BCUT2D eigenvalue weighted by Crippen LogP contribution is -2.27. The van der Waals surface area contributed by atoms with Crippen LogP contribution in [0.3, 0.4) is 0 Å². The Morgan fingerprint density at radius 2 is 2.19 bits per heavy atom. The highest BCUT2D eigenvalue weighted by Crippen LogP contribution is 2.17. The molecule has 0 aromatic carbocycles. The van der Waals surface area contributed by atoms with Crippen molar-refractivity contribution in [2.45, 2.75) is 25.2 Å². The summed E-state index contributed by atoms with van der Waals surface area (Å²) in [6.45, 7) is 3.46. The SMILES string of the molecule is Cc1nc(CCNS(=O)(=O)c2c(C(=O)O)n[nH]c2C)cs1. The van der Waals surface area contributed by atoms with Gasteiger partial charge >= 0.3 is 5.97 Å². The Bertz CT molecular complexity index is 763. The molecule has 0 fully saturated rings. The lowest BCUT2D eigenvalue weighted by molar-refractivity contribution is 0.0686. The number of aromatic nitrogens is 3. The maximum Gasteiger partial charge on any atom is 0.357 e. The van der Waals surface area contributed by atoms with E-state index in [1.807, 2.05) is 12.3 Å². The predicted molar refractivity (Wildman–Crippen MR) is 76.0 cm³/mol. The molecule has 0 bridgehead atoms. The topological polar surface area (TPSA) is 125 Å². The third-order valence-corrected chi connectivity index (χ3v) is 5.15. The lowest BCUT2D eigenvalue weighted by Gasteiger charge is -2.05. The average molecular weight is 330 g/mol. The number of thiazole rings is 1. The van der Waals surface area contributed by atoms with E-state index in [-0.39, 0.29) is 17.1 Å². The highest BCUT2D eigenvalue weighted by atomic mass is 32.2. The Balaban J connectivity index is 2.12. The van der Waals surface area contributed by atoms with Crippen LogP contribution in [0.15, 0.2) is 10.3 Å². The van der Waals surface area contributed by atoms with Gasteiger partial charge in [0.05, 0.1) is 16.4 Å². The first kappa shape index (κ1) is 15.6. The van der Waals surface area contributed by atoms with E-state index in [0.717, 1.165) is 10.7 Å². The molecule has 0 saturated carbocycles. The number of carboxylic acid groups (broad SMARTS) is 1. The Kier molecular flexibility index (Phi) is 4.40. The highest BCUT2D eigenvalue weighted by molar-refractivity contribution is 7.89. The van der Waals surface area contributed by atoms with Gasteiger partial charge in [-0.25, -0.2) is 22.9 Å². The van der Waals surface area contributed by atoms with Gasteiger partial charge in [0.25, 0.3) is 0 Å². The molecule has 10 heteroatoms. The largest absolute Gasteiger partial charge is 0.476 e. The van der Waals surface area contributed by atoms with Crippen molar-refractivity contribution in [3.63, 3.8) is 0 Å². The number of H-pyrrole nitrogens is 1. The van der Waals surface area contributed by atoms with Gasteiger partial charge in [0.1, 0.15) is 4.90 Å². The van der Waals surface area contributed by atoms with Crippen molar-refractivity contribution < 1.29 is 18.3 Å². The van der Waals surface area contributed by atoms with E-state index >= 15 is 0 Å². The van der Waals surface area contributed by atoms with E-state index in [1.165, 1.54) is 18.3 Å². The number of aryl methyl sites for hydroxylation is 2. The molecule has 0 spiro atoms. The summed E-state index contributed by atoms with van der Waals surface area (Å²) in [7, 11) is -3.94. The molecule has 2 rings (SSSR count). The van der Waals surface area contributed by atoms with Crippen molar-refractivity contribution in [2.75, 3.05) is 6.54 Å². The van der Waals surface area contributed by atoms with Gasteiger partial charge in [0, 0.05) is 18.3 Å². The van der Waals surface area contributed by atoms with Crippen molar-refractivity contribution in [1.82, 2.24) is 19.9 Å². The van der Waals surface area contributed by atoms with Crippen LogP contribution in [0.25, 0.3) is 0 Å². The highest BCUT2D eigenvalue weighted by Gasteiger charge is 2.27. The van der Waals surface area contributed by atoms with Crippen molar-refractivity contribution in [2.24, 2.45) is 0 Å². The summed E-state index contributed by atoms with van der Waals surface area (Å²) in [5.74, 6) is -1.39. The van der Waals surface area contributed by atoms with Gasteiger partial charge in [-0.3, -0.25) is 5.10 Å². The average Bonchev–Trinajstić information content (AvgIpc) is 2.95. The molecule has 2 aromatic rings. The molecule has 0 aliphatic rings. The van der Waals surface area contributed by atoms with E-state index in [1.54, 1.807) is 0 Å². The Morgan fingerprint density at radius 1 is 1.48 bits per heavy atom. The smallest absolute Gasteiger partial charge is 0.357 e. The van der Waals surface area contributed by atoms with E-state index < -0.39 is 21.7 Å². The number of nitrogens with zero attached hydrogens (tertiary/aromatic N) is 2. The molecule has 0 radical (unpaired) electrons. The molecule has 2 heterocycles. The van der Waals surface area contributed by atoms with E-state index in [2.05, 4.69) is 19.9 Å². The number of carbonyl (C=O) groups is 1. The van der Waals surface area contributed by atoms with Gasteiger partial charge in [0.2, 0.25) is 10.0 Å². The zero-order chi connectivity index (χ0) is 15.6. The van der Waals surface area contributed by atoms with Crippen LogP contribution in [0, 0.1) is 13.8 Å². The molecule has 21 heavy (non-hydrogen) atoms. The number of rotatable bonds is 6. The minimum atomic E-state index is -3.94. The van der Waals surface area contributed by atoms with Crippen LogP contribution in [0.4, 0.5) is 0 Å². The molecule has 0 atom stereocenters. The van der Waals surface area contributed by atoms with E-state index in [4.69, 9.17) is 5.11 Å². The number of sulfonamides is 1. The van der Waals surface area contributed by atoms with Crippen LogP contribution in [-0.4, -0.2) is 41.2 Å². The summed E-state index contributed by atoms with van der Waals surface area (Å²) in [5.41, 5.74) is 0.469. The van der Waals surface area contributed by atoms with E-state index in [9.17, 15) is 13.2 Å². The second-order valence-corrected chi connectivity index (χ2v) is 7.10. The second-order valence-electron chi connectivity index (χ2n) is 4.34. The summed E-state index contributed by atoms with van der Waals surface area (Å²) in [6, 6.07) is 0. The standard InChI is InChI=1S/C11H14N4O4S2/c1-6-10(9(11(16)17)15-14-6)21(18,19)12-4-3-8-5-20-7(2)13-8/h5,12H,3-4H2,1-2H3,(H,14,15)(H,16,17). The maximum atomic E-state index is 12.2. The minimum Gasteiger partial charge on any atom is -0.476 e. The van der Waals surface area contributed by atoms with Crippen LogP contribution in [0.2, 0.25) is 0 Å². The zero-order valence-electron chi connectivity index (χ0n) is 11.4. The first-order chi connectivity index (χ1) is 9.81. The van der Waals surface area contributed by atoms with Gasteiger partial charge < -0.3 is 5.11 Å². The summed E-state index contributed by atoms with van der Waals surface area (Å²) in [6.07, 6.45) is 0.433. The molecule has 0 unspecified atom stereocenters. The quantitative estimate of drug-likeness (QED) is 0.716. The Labute approximate surface area is 125 Å². The molecular weight excluding hydrogens is 316 g/mol. The van der Waals surface area contributed by atoms with E-state index in [0.29, 0.717) is 6.42 Å². The van der Waals surface area contributed by atoms with Gasteiger partial charge in [-0.15, -0.1) is 11.3 Å².